The summed E-state index contributed by atoms with van der Waals surface area (Å²) in [5.74, 6) is 0.109. The van der Waals surface area contributed by atoms with Crippen molar-refractivity contribution in [3.63, 3.8) is 0 Å². The first-order valence-electron chi connectivity index (χ1n) is 7.37. The minimum Gasteiger partial charge on any atom is -0.360 e. The lowest BCUT2D eigenvalue weighted by Crippen LogP contribution is -2.41. The number of hydrogen-bond acceptors (Lipinski definition) is 8. The Morgan fingerprint density at radius 2 is 2.04 bits per heavy atom. The molecular formula is C13H17N5O4S2. The minimum atomic E-state index is -3.91. The van der Waals surface area contributed by atoms with E-state index in [0.29, 0.717) is 11.0 Å². The first-order chi connectivity index (χ1) is 11.3. The number of nitrogens with one attached hydrogen (secondary N) is 2. The van der Waals surface area contributed by atoms with Gasteiger partial charge < -0.3 is 4.52 Å². The fourth-order valence-electron chi connectivity index (χ4n) is 2.20. The van der Waals surface area contributed by atoms with Crippen LogP contribution in [-0.4, -0.2) is 35.7 Å². The van der Waals surface area contributed by atoms with Crippen LogP contribution in [0.15, 0.2) is 9.42 Å². The van der Waals surface area contributed by atoms with E-state index in [2.05, 4.69) is 25.4 Å². The number of anilines is 1. The quantitative estimate of drug-likeness (QED) is 0.784. The molecule has 1 fully saturated rings. The summed E-state index contributed by atoms with van der Waals surface area (Å²) >= 11 is 1.31. The average molecular weight is 371 g/mol. The van der Waals surface area contributed by atoms with Gasteiger partial charge in [0, 0.05) is 5.92 Å². The molecule has 0 aromatic carbocycles. The number of rotatable bonds is 6. The number of sulfonamides is 1. The molecule has 3 rings (SSSR count). The summed E-state index contributed by atoms with van der Waals surface area (Å²) in [5.41, 5.74) is 0.241. The van der Waals surface area contributed by atoms with Gasteiger partial charge in [0.2, 0.25) is 21.1 Å². The van der Waals surface area contributed by atoms with Crippen LogP contribution < -0.4 is 10.0 Å². The van der Waals surface area contributed by atoms with Gasteiger partial charge in [0.1, 0.15) is 15.6 Å². The van der Waals surface area contributed by atoms with Crippen LogP contribution in [0, 0.1) is 13.8 Å². The Hall–Kier alpha value is -1.85. The lowest BCUT2D eigenvalue weighted by molar-refractivity contribution is -0.117. The fraction of sp³-hybridized carbons (Fsp3) is 0.538. The molecule has 0 spiro atoms. The highest BCUT2D eigenvalue weighted by atomic mass is 32.2. The predicted molar refractivity (Wildman–Crippen MR) is 86.3 cm³/mol. The molecule has 0 bridgehead atoms. The number of nitrogens with zero attached hydrogens (tertiary/aromatic N) is 3. The van der Waals surface area contributed by atoms with E-state index >= 15 is 0 Å². The fourth-order valence-corrected chi connectivity index (χ4v) is 4.65. The van der Waals surface area contributed by atoms with E-state index in [4.69, 9.17) is 4.52 Å². The standard InChI is InChI=1S/C13H17N5O4S2/c1-6-10(8(3)22-17-6)24(20,21)18-7(2)11(19)14-13-16-15-12(23-13)9-4-5-9/h7,9,18H,4-5H2,1-3H3,(H,14,16,19)/t7-/m1/s1. The molecule has 2 aromatic heterocycles. The van der Waals surface area contributed by atoms with Crippen molar-refractivity contribution in [2.45, 2.75) is 50.5 Å². The van der Waals surface area contributed by atoms with Gasteiger partial charge in [-0.3, -0.25) is 10.1 Å². The normalized spacial score (nSPS) is 16.1. The van der Waals surface area contributed by atoms with Gasteiger partial charge in [-0.05, 0) is 33.6 Å². The van der Waals surface area contributed by atoms with Gasteiger partial charge in [-0.2, -0.15) is 4.72 Å². The summed E-state index contributed by atoms with van der Waals surface area (Å²) in [6.07, 6.45) is 2.19. The maximum absolute atomic E-state index is 12.4. The lowest BCUT2D eigenvalue weighted by atomic mass is 10.3. The summed E-state index contributed by atoms with van der Waals surface area (Å²) < 4.78 is 32.0. The molecule has 1 aliphatic rings. The van der Waals surface area contributed by atoms with Gasteiger partial charge >= 0.3 is 0 Å². The van der Waals surface area contributed by atoms with Crippen LogP contribution in [0.4, 0.5) is 5.13 Å². The van der Waals surface area contributed by atoms with Crippen molar-refractivity contribution in [2.75, 3.05) is 5.32 Å². The Bertz CT molecular complexity index is 849. The van der Waals surface area contributed by atoms with E-state index in [1.165, 1.54) is 32.1 Å². The molecule has 24 heavy (non-hydrogen) atoms. The third-order valence-electron chi connectivity index (χ3n) is 3.56. The molecule has 2 N–H and O–H groups in total. The molecule has 0 radical (unpaired) electrons. The summed E-state index contributed by atoms with van der Waals surface area (Å²) in [4.78, 5) is 12.1. The van der Waals surface area contributed by atoms with Crippen molar-refractivity contribution in [2.24, 2.45) is 0 Å². The second kappa shape index (κ2) is 6.22. The summed E-state index contributed by atoms with van der Waals surface area (Å²) in [6, 6.07) is -0.989. The van der Waals surface area contributed by atoms with E-state index in [1.54, 1.807) is 0 Å². The number of carbonyl (C=O) groups excluding carboxylic acids is 1. The molecule has 2 heterocycles. The molecule has 130 valence electrons. The van der Waals surface area contributed by atoms with Gasteiger partial charge in [-0.15, -0.1) is 10.2 Å². The zero-order chi connectivity index (χ0) is 17.5. The van der Waals surface area contributed by atoms with Crippen molar-refractivity contribution in [1.82, 2.24) is 20.1 Å². The Morgan fingerprint density at radius 1 is 1.33 bits per heavy atom. The number of aromatic nitrogens is 3. The number of amides is 1. The highest BCUT2D eigenvalue weighted by Crippen LogP contribution is 2.42. The van der Waals surface area contributed by atoms with Crippen LogP contribution in [0.1, 0.15) is 42.1 Å². The lowest BCUT2D eigenvalue weighted by Gasteiger charge is -2.12. The van der Waals surface area contributed by atoms with Crippen LogP contribution in [0.2, 0.25) is 0 Å². The largest absolute Gasteiger partial charge is 0.360 e. The van der Waals surface area contributed by atoms with Crippen molar-refractivity contribution < 1.29 is 17.7 Å². The van der Waals surface area contributed by atoms with Crippen molar-refractivity contribution in [3.05, 3.63) is 16.5 Å². The number of aryl methyl sites for hydroxylation is 2. The smallest absolute Gasteiger partial charge is 0.246 e. The van der Waals surface area contributed by atoms with E-state index in [1.807, 2.05) is 0 Å². The summed E-state index contributed by atoms with van der Waals surface area (Å²) in [5, 5.41) is 15.4. The molecule has 1 atom stereocenters. The molecule has 9 nitrogen and oxygen atoms in total. The zero-order valence-electron chi connectivity index (χ0n) is 13.4. The molecular weight excluding hydrogens is 354 g/mol. The molecule has 1 saturated carbocycles. The predicted octanol–water partition coefficient (Wildman–Crippen LogP) is 1.33. The monoisotopic (exact) mass is 371 g/mol. The first kappa shape index (κ1) is 17.0. The number of hydrogen-bond donors (Lipinski definition) is 2. The third-order valence-corrected chi connectivity index (χ3v) is 6.34. The third kappa shape index (κ3) is 3.47. The SMILES string of the molecule is Cc1noc(C)c1S(=O)(=O)N[C@H](C)C(=O)Nc1nnc(C2CC2)s1. The molecule has 0 aliphatic heterocycles. The maximum atomic E-state index is 12.4. The van der Waals surface area contributed by atoms with Crippen LogP contribution >= 0.6 is 11.3 Å². The summed E-state index contributed by atoms with van der Waals surface area (Å²) in [7, 11) is -3.91. The Balaban J connectivity index is 1.66. The topological polar surface area (TPSA) is 127 Å². The first-order valence-corrected chi connectivity index (χ1v) is 9.67. The van der Waals surface area contributed by atoms with Crippen LogP contribution in [0.5, 0.6) is 0 Å². The van der Waals surface area contributed by atoms with E-state index in [0.717, 1.165) is 17.8 Å². The maximum Gasteiger partial charge on any atom is 0.246 e. The second-order valence-electron chi connectivity index (χ2n) is 5.71. The van der Waals surface area contributed by atoms with Gasteiger partial charge in [-0.25, -0.2) is 8.42 Å². The van der Waals surface area contributed by atoms with Crippen molar-refractivity contribution >= 4 is 32.4 Å². The molecule has 1 amide bonds. The van der Waals surface area contributed by atoms with Crippen LogP contribution in [0.3, 0.4) is 0 Å². The minimum absolute atomic E-state index is 0.0471. The molecule has 0 unspecified atom stereocenters. The van der Waals surface area contributed by atoms with Crippen LogP contribution in [-0.2, 0) is 14.8 Å². The Kier molecular flexibility index (Phi) is 4.40. The highest BCUT2D eigenvalue weighted by Gasteiger charge is 2.30. The average Bonchev–Trinajstić information content (AvgIpc) is 3.14. The number of carbonyl (C=O) groups is 1. The van der Waals surface area contributed by atoms with E-state index in [-0.39, 0.29) is 16.3 Å². The molecule has 2 aromatic rings. The van der Waals surface area contributed by atoms with Crippen molar-refractivity contribution in [3.8, 4) is 0 Å². The van der Waals surface area contributed by atoms with Gasteiger partial charge in [-0.1, -0.05) is 16.5 Å². The molecule has 1 aliphatic carbocycles. The van der Waals surface area contributed by atoms with Gasteiger partial charge in [0.25, 0.3) is 0 Å². The summed E-state index contributed by atoms with van der Waals surface area (Å²) in [6.45, 7) is 4.48. The highest BCUT2D eigenvalue weighted by molar-refractivity contribution is 7.89. The van der Waals surface area contributed by atoms with Gasteiger partial charge in [0.15, 0.2) is 5.76 Å². The molecule has 0 saturated heterocycles. The Labute approximate surface area is 142 Å². The van der Waals surface area contributed by atoms with Crippen LogP contribution in [0.25, 0.3) is 0 Å². The van der Waals surface area contributed by atoms with E-state index < -0.39 is 22.0 Å². The van der Waals surface area contributed by atoms with Gasteiger partial charge in [0.05, 0.1) is 6.04 Å². The zero-order valence-corrected chi connectivity index (χ0v) is 15.0. The van der Waals surface area contributed by atoms with E-state index in [9.17, 15) is 13.2 Å². The Morgan fingerprint density at radius 3 is 2.62 bits per heavy atom. The van der Waals surface area contributed by atoms with Crippen molar-refractivity contribution in [1.29, 1.82) is 0 Å². The second-order valence-corrected chi connectivity index (χ2v) is 8.37. The molecule has 11 heteroatoms.